The van der Waals surface area contributed by atoms with Crippen LogP contribution in [-0.4, -0.2) is 42.9 Å². The first kappa shape index (κ1) is 27.5. The molecule has 9 heteroatoms. The fourth-order valence-corrected chi connectivity index (χ4v) is 3.00. The SMILES string of the molecule is CC(C)(C)OC(=O)N[C@@H](COc1ccc(CCCCNC(=O)OCc2ccccc2)cc1)C(N)=O. The summed E-state index contributed by atoms with van der Waals surface area (Å²) in [6.45, 7) is 5.84. The molecule has 0 bridgehead atoms. The Morgan fingerprint density at radius 1 is 0.914 bits per heavy atom. The first-order valence-corrected chi connectivity index (χ1v) is 11.6. The molecule has 0 aliphatic carbocycles. The predicted octanol–water partition coefficient (Wildman–Crippen LogP) is 3.69. The molecule has 1 atom stereocenters. The summed E-state index contributed by atoms with van der Waals surface area (Å²) in [6, 6.07) is 15.9. The maximum absolute atomic E-state index is 11.9. The van der Waals surface area contributed by atoms with E-state index >= 15 is 0 Å². The van der Waals surface area contributed by atoms with Crippen molar-refractivity contribution in [1.29, 1.82) is 0 Å². The standard InChI is InChI=1S/C26H35N3O6/c1-26(2,3)35-25(32)29-22(23(27)30)18-33-21-14-12-19(13-15-21)9-7-8-16-28-24(31)34-17-20-10-5-4-6-11-20/h4-6,10-15,22H,7-9,16-18H2,1-3H3,(H2,27,30)(H,28,31)(H,29,32)/t22-/m0/s1. The van der Waals surface area contributed by atoms with Crippen LogP contribution in [0.3, 0.4) is 0 Å². The topological polar surface area (TPSA) is 129 Å². The summed E-state index contributed by atoms with van der Waals surface area (Å²) in [4.78, 5) is 35.3. The fraction of sp³-hybridized carbons (Fsp3) is 0.423. The van der Waals surface area contributed by atoms with Crippen molar-refractivity contribution in [3.8, 4) is 5.75 Å². The largest absolute Gasteiger partial charge is 0.491 e. The molecule has 9 nitrogen and oxygen atoms in total. The van der Waals surface area contributed by atoms with Gasteiger partial charge in [-0.05, 0) is 63.3 Å². The second-order valence-corrected chi connectivity index (χ2v) is 9.00. The zero-order chi connectivity index (χ0) is 25.7. The third-order valence-corrected chi connectivity index (χ3v) is 4.75. The molecule has 0 aliphatic rings. The third kappa shape index (κ3) is 11.8. The van der Waals surface area contributed by atoms with Crippen molar-refractivity contribution < 1.29 is 28.6 Å². The summed E-state index contributed by atoms with van der Waals surface area (Å²) in [7, 11) is 0. The van der Waals surface area contributed by atoms with E-state index in [0.29, 0.717) is 12.3 Å². The van der Waals surface area contributed by atoms with Gasteiger partial charge in [0.25, 0.3) is 0 Å². The van der Waals surface area contributed by atoms with E-state index < -0.39 is 29.7 Å². The third-order valence-electron chi connectivity index (χ3n) is 4.75. The highest BCUT2D eigenvalue weighted by Crippen LogP contribution is 2.14. The lowest BCUT2D eigenvalue weighted by Gasteiger charge is -2.22. The second kappa shape index (κ2) is 13.8. The highest BCUT2D eigenvalue weighted by molar-refractivity contribution is 5.84. The Labute approximate surface area is 206 Å². The molecule has 0 aliphatic heterocycles. The number of alkyl carbamates (subject to hydrolysis) is 2. The minimum Gasteiger partial charge on any atom is -0.491 e. The molecule has 2 aromatic rings. The van der Waals surface area contributed by atoms with Crippen molar-refractivity contribution >= 4 is 18.1 Å². The summed E-state index contributed by atoms with van der Waals surface area (Å²) >= 11 is 0. The minimum absolute atomic E-state index is 0.111. The zero-order valence-electron chi connectivity index (χ0n) is 20.5. The van der Waals surface area contributed by atoms with Gasteiger partial charge >= 0.3 is 12.2 Å². The molecule has 0 aromatic heterocycles. The lowest BCUT2D eigenvalue weighted by molar-refractivity contribution is -0.120. The van der Waals surface area contributed by atoms with Crippen LogP contribution >= 0.6 is 0 Å². The number of hydrogen-bond acceptors (Lipinski definition) is 6. The Morgan fingerprint density at radius 3 is 2.23 bits per heavy atom. The van der Waals surface area contributed by atoms with E-state index in [2.05, 4.69) is 10.6 Å². The van der Waals surface area contributed by atoms with Crippen LogP contribution in [0.5, 0.6) is 5.75 Å². The number of nitrogens with two attached hydrogens (primary N) is 1. The van der Waals surface area contributed by atoms with Gasteiger partial charge in [0.05, 0.1) is 0 Å². The number of aryl methyl sites for hydroxylation is 1. The van der Waals surface area contributed by atoms with Crippen LogP contribution in [0.2, 0.25) is 0 Å². The van der Waals surface area contributed by atoms with Crippen molar-refractivity contribution in [2.75, 3.05) is 13.2 Å². The molecule has 2 aromatic carbocycles. The summed E-state index contributed by atoms with van der Waals surface area (Å²) in [5, 5.41) is 5.17. The number of unbranched alkanes of at least 4 members (excludes halogenated alkanes) is 1. The first-order valence-electron chi connectivity index (χ1n) is 11.6. The first-order chi connectivity index (χ1) is 16.6. The second-order valence-electron chi connectivity index (χ2n) is 9.00. The number of carbonyl (C=O) groups is 3. The minimum atomic E-state index is -1.02. The smallest absolute Gasteiger partial charge is 0.408 e. The molecule has 2 rings (SSSR count). The van der Waals surface area contributed by atoms with Gasteiger partial charge < -0.3 is 30.6 Å². The maximum atomic E-state index is 11.9. The Hall–Kier alpha value is -3.75. The molecular formula is C26H35N3O6. The Bertz CT molecular complexity index is 942. The molecule has 3 amide bonds. The number of ether oxygens (including phenoxy) is 3. The Kier molecular flexibility index (Phi) is 10.9. The van der Waals surface area contributed by atoms with Gasteiger partial charge in [-0.1, -0.05) is 42.5 Å². The number of amides is 3. The summed E-state index contributed by atoms with van der Waals surface area (Å²) in [5.41, 5.74) is 6.72. The normalized spacial score (nSPS) is 11.7. The zero-order valence-corrected chi connectivity index (χ0v) is 20.5. The molecule has 0 unspecified atom stereocenters. The summed E-state index contributed by atoms with van der Waals surface area (Å²) in [6.07, 6.45) is 1.38. The molecule has 0 fully saturated rings. The highest BCUT2D eigenvalue weighted by Gasteiger charge is 2.23. The van der Waals surface area contributed by atoms with Crippen LogP contribution in [0.1, 0.15) is 44.7 Å². The van der Waals surface area contributed by atoms with E-state index in [9.17, 15) is 14.4 Å². The summed E-state index contributed by atoms with van der Waals surface area (Å²) in [5.74, 6) is -0.168. The van der Waals surface area contributed by atoms with Gasteiger partial charge in [0.2, 0.25) is 5.91 Å². The van der Waals surface area contributed by atoms with E-state index in [1.807, 2.05) is 42.5 Å². The molecule has 0 saturated carbocycles. The van der Waals surface area contributed by atoms with E-state index in [1.54, 1.807) is 32.9 Å². The molecule has 190 valence electrons. The average Bonchev–Trinajstić information content (AvgIpc) is 2.80. The molecular weight excluding hydrogens is 450 g/mol. The van der Waals surface area contributed by atoms with Gasteiger partial charge in [-0.3, -0.25) is 4.79 Å². The van der Waals surface area contributed by atoms with Gasteiger partial charge in [-0.2, -0.15) is 0 Å². The highest BCUT2D eigenvalue weighted by atomic mass is 16.6. The lowest BCUT2D eigenvalue weighted by atomic mass is 10.1. The predicted molar refractivity (Wildman–Crippen MR) is 132 cm³/mol. The molecule has 0 heterocycles. The van der Waals surface area contributed by atoms with Crippen LogP contribution in [0.15, 0.2) is 54.6 Å². The molecule has 4 N–H and O–H groups in total. The van der Waals surface area contributed by atoms with Gasteiger partial charge in [0.15, 0.2) is 0 Å². The van der Waals surface area contributed by atoms with Gasteiger partial charge in [-0.15, -0.1) is 0 Å². The maximum Gasteiger partial charge on any atom is 0.408 e. The van der Waals surface area contributed by atoms with Gasteiger partial charge in [0, 0.05) is 6.54 Å². The monoisotopic (exact) mass is 485 g/mol. The summed E-state index contributed by atoms with van der Waals surface area (Å²) < 4.78 is 15.9. The Balaban J connectivity index is 1.64. The molecule has 0 saturated heterocycles. The lowest BCUT2D eigenvalue weighted by Crippen LogP contribution is -2.49. The quantitative estimate of drug-likeness (QED) is 0.393. The van der Waals surface area contributed by atoms with Crippen LogP contribution in [-0.2, 0) is 27.3 Å². The van der Waals surface area contributed by atoms with E-state index in [-0.39, 0.29) is 13.2 Å². The number of benzene rings is 2. The number of rotatable bonds is 12. The van der Waals surface area contributed by atoms with E-state index in [0.717, 1.165) is 30.4 Å². The van der Waals surface area contributed by atoms with E-state index in [4.69, 9.17) is 19.9 Å². The van der Waals surface area contributed by atoms with Crippen molar-refractivity contribution in [3.63, 3.8) is 0 Å². The molecule has 0 radical (unpaired) electrons. The van der Waals surface area contributed by atoms with Crippen molar-refractivity contribution in [2.24, 2.45) is 5.73 Å². The number of primary amides is 1. The van der Waals surface area contributed by atoms with Crippen molar-refractivity contribution in [1.82, 2.24) is 10.6 Å². The van der Waals surface area contributed by atoms with Gasteiger partial charge in [0.1, 0.15) is 30.6 Å². The number of nitrogens with one attached hydrogen (secondary N) is 2. The van der Waals surface area contributed by atoms with Crippen LogP contribution in [0.25, 0.3) is 0 Å². The molecule has 0 spiro atoms. The van der Waals surface area contributed by atoms with Gasteiger partial charge in [-0.25, -0.2) is 9.59 Å². The van der Waals surface area contributed by atoms with Crippen LogP contribution in [0.4, 0.5) is 9.59 Å². The van der Waals surface area contributed by atoms with E-state index in [1.165, 1.54) is 0 Å². The Morgan fingerprint density at radius 2 is 1.60 bits per heavy atom. The van der Waals surface area contributed by atoms with Crippen LogP contribution < -0.4 is 21.1 Å². The average molecular weight is 486 g/mol. The van der Waals surface area contributed by atoms with Crippen LogP contribution in [0, 0.1) is 0 Å². The fourth-order valence-electron chi connectivity index (χ4n) is 3.00. The molecule has 35 heavy (non-hydrogen) atoms. The van der Waals surface area contributed by atoms with Crippen molar-refractivity contribution in [2.45, 2.75) is 58.3 Å². The van der Waals surface area contributed by atoms with Crippen molar-refractivity contribution in [3.05, 3.63) is 65.7 Å². The number of carbonyl (C=O) groups excluding carboxylic acids is 3. The number of hydrogen-bond donors (Lipinski definition) is 3.